The molecule has 17 heavy (non-hydrogen) atoms. The van der Waals surface area contributed by atoms with Gasteiger partial charge in [0.05, 0.1) is 11.9 Å². The van der Waals surface area contributed by atoms with Crippen molar-refractivity contribution in [2.75, 3.05) is 0 Å². The maximum atomic E-state index is 5.75. The van der Waals surface area contributed by atoms with Crippen LogP contribution in [0.4, 0.5) is 0 Å². The minimum absolute atomic E-state index is 0.538. The second-order valence-electron chi connectivity index (χ2n) is 3.87. The van der Waals surface area contributed by atoms with Crippen molar-refractivity contribution in [1.82, 2.24) is 9.55 Å². The molecule has 0 atom stereocenters. The molecule has 0 unspecified atom stereocenters. The van der Waals surface area contributed by atoms with Gasteiger partial charge in [-0.15, -0.1) is 0 Å². The molecule has 1 aromatic heterocycles. The maximum absolute atomic E-state index is 5.75. The molecule has 1 aromatic carbocycles. The third kappa shape index (κ3) is 2.88. The second-order valence-corrected chi connectivity index (χ2v) is 4.58. The summed E-state index contributed by atoms with van der Waals surface area (Å²) >= 11 is 3.41. The Morgan fingerprint density at radius 2 is 2.24 bits per heavy atom. The highest BCUT2D eigenvalue weighted by Gasteiger charge is 2.06. The lowest BCUT2D eigenvalue weighted by molar-refractivity contribution is 0.295. The van der Waals surface area contributed by atoms with E-state index in [1.807, 2.05) is 24.4 Å². The fraction of sp³-hybridized carbons (Fsp3) is 0.308. The molecule has 2 rings (SSSR count). The van der Waals surface area contributed by atoms with Gasteiger partial charge < -0.3 is 9.30 Å². The fourth-order valence-corrected chi connectivity index (χ4v) is 2.28. The van der Waals surface area contributed by atoms with E-state index < -0.39 is 0 Å². The van der Waals surface area contributed by atoms with Crippen LogP contribution in [0.2, 0.25) is 0 Å². The molecule has 2 aromatic rings. The number of hydrogen-bond acceptors (Lipinski definition) is 2. The Labute approximate surface area is 110 Å². The first-order chi connectivity index (χ1) is 8.20. The molecule has 4 heteroatoms. The van der Waals surface area contributed by atoms with E-state index in [1.165, 1.54) is 5.56 Å². The van der Waals surface area contributed by atoms with Gasteiger partial charge in [-0.25, -0.2) is 4.98 Å². The summed E-state index contributed by atoms with van der Waals surface area (Å²) in [4.78, 5) is 4.22. The van der Waals surface area contributed by atoms with Crippen molar-refractivity contribution >= 4 is 15.9 Å². The molecule has 0 aliphatic carbocycles. The monoisotopic (exact) mass is 294 g/mol. The van der Waals surface area contributed by atoms with Crippen molar-refractivity contribution < 1.29 is 4.74 Å². The first kappa shape index (κ1) is 12.2. The van der Waals surface area contributed by atoms with Gasteiger partial charge in [0.2, 0.25) is 0 Å². The van der Waals surface area contributed by atoms with Crippen molar-refractivity contribution in [3.63, 3.8) is 0 Å². The Morgan fingerprint density at radius 3 is 2.94 bits per heavy atom. The van der Waals surface area contributed by atoms with Crippen LogP contribution in [-0.2, 0) is 13.2 Å². The van der Waals surface area contributed by atoms with Gasteiger partial charge in [0.1, 0.15) is 12.4 Å². The van der Waals surface area contributed by atoms with Gasteiger partial charge in [-0.05, 0) is 47.5 Å². The number of rotatable bonds is 4. The summed E-state index contributed by atoms with van der Waals surface area (Å²) in [7, 11) is 0. The Hall–Kier alpha value is -1.29. The van der Waals surface area contributed by atoms with Crippen molar-refractivity contribution in [2.45, 2.75) is 27.0 Å². The summed E-state index contributed by atoms with van der Waals surface area (Å²) in [6.45, 7) is 5.56. The highest BCUT2D eigenvalue weighted by molar-refractivity contribution is 9.10. The summed E-state index contributed by atoms with van der Waals surface area (Å²) in [6.07, 6.45) is 1.84. The van der Waals surface area contributed by atoms with Crippen LogP contribution in [0.15, 0.2) is 35.2 Å². The molecule has 90 valence electrons. The van der Waals surface area contributed by atoms with E-state index in [4.69, 9.17) is 4.74 Å². The number of aryl methyl sites for hydroxylation is 1. The molecule has 0 radical (unpaired) electrons. The molecule has 1 heterocycles. The predicted octanol–water partition coefficient (Wildman–Crippen LogP) is 3.55. The molecule has 0 aliphatic rings. The molecule has 0 spiro atoms. The Bertz CT molecular complexity index is 508. The standard InChI is InChI=1S/C13H15BrN2O/c1-3-16-11(8-15-13(16)14)9-17-12-6-4-5-10(2)7-12/h4-8H,3,9H2,1-2H3. The van der Waals surface area contributed by atoms with E-state index in [1.54, 1.807) is 0 Å². The SMILES string of the molecule is CCn1c(COc2cccc(C)c2)cnc1Br. The first-order valence-electron chi connectivity index (χ1n) is 5.60. The van der Waals surface area contributed by atoms with Crippen LogP contribution in [0, 0.1) is 6.92 Å². The Morgan fingerprint density at radius 1 is 1.41 bits per heavy atom. The van der Waals surface area contributed by atoms with E-state index in [-0.39, 0.29) is 0 Å². The number of hydrogen-bond donors (Lipinski definition) is 0. The normalized spacial score (nSPS) is 10.5. The Kier molecular flexibility index (Phi) is 3.84. The topological polar surface area (TPSA) is 27.1 Å². The van der Waals surface area contributed by atoms with E-state index >= 15 is 0 Å². The third-order valence-corrected chi connectivity index (χ3v) is 3.21. The van der Waals surface area contributed by atoms with Crippen LogP contribution in [0.1, 0.15) is 18.2 Å². The number of benzene rings is 1. The highest BCUT2D eigenvalue weighted by Crippen LogP contribution is 2.16. The lowest BCUT2D eigenvalue weighted by Gasteiger charge is -2.09. The van der Waals surface area contributed by atoms with Crippen LogP contribution >= 0.6 is 15.9 Å². The molecule has 0 bridgehead atoms. The lowest BCUT2D eigenvalue weighted by atomic mass is 10.2. The van der Waals surface area contributed by atoms with Gasteiger partial charge in [-0.3, -0.25) is 0 Å². The largest absolute Gasteiger partial charge is 0.487 e. The van der Waals surface area contributed by atoms with Crippen LogP contribution in [0.3, 0.4) is 0 Å². The number of aromatic nitrogens is 2. The molecule has 0 saturated carbocycles. The lowest BCUT2D eigenvalue weighted by Crippen LogP contribution is -2.04. The molecule has 0 fully saturated rings. The smallest absolute Gasteiger partial charge is 0.177 e. The second kappa shape index (κ2) is 5.36. The molecule has 0 aliphatic heterocycles. The maximum Gasteiger partial charge on any atom is 0.177 e. The minimum atomic E-state index is 0.538. The summed E-state index contributed by atoms with van der Waals surface area (Å²) < 4.78 is 8.68. The van der Waals surface area contributed by atoms with E-state index in [0.717, 1.165) is 22.7 Å². The van der Waals surface area contributed by atoms with E-state index in [2.05, 4.69) is 45.4 Å². The number of halogens is 1. The van der Waals surface area contributed by atoms with Gasteiger partial charge >= 0.3 is 0 Å². The number of ether oxygens (including phenoxy) is 1. The van der Waals surface area contributed by atoms with Gasteiger partial charge in [0, 0.05) is 6.54 Å². The zero-order valence-corrected chi connectivity index (χ0v) is 11.6. The van der Waals surface area contributed by atoms with Gasteiger partial charge in [-0.1, -0.05) is 12.1 Å². The summed E-state index contributed by atoms with van der Waals surface area (Å²) in [5.41, 5.74) is 2.27. The molecular formula is C13H15BrN2O. The summed E-state index contributed by atoms with van der Waals surface area (Å²) in [6, 6.07) is 8.05. The summed E-state index contributed by atoms with van der Waals surface area (Å²) in [5.74, 6) is 0.893. The molecule has 0 saturated heterocycles. The van der Waals surface area contributed by atoms with E-state index in [0.29, 0.717) is 6.61 Å². The third-order valence-electron chi connectivity index (χ3n) is 2.58. The number of nitrogens with zero attached hydrogens (tertiary/aromatic N) is 2. The van der Waals surface area contributed by atoms with Gasteiger partial charge in [-0.2, -0.15) is 0 Å². The van der Waals surface area contributed by atoms with Crippen molar-refractivity contribution in [3.05, 3.63) is 46.5 Å². The van der Waals surface area contributed by atoms with Gasteiger partial charge in [0.25, 0.3) is 0 Å². The van der Waals surface area contributed by atoms with Crippen LogP contribution < -0.4 is 4.74 Å². The van der Waals surface area contributed by atoms with Crippen molar-refractivity contribution in [3.8, 4) is 5.75 Å². The minimum Gasteiger partial charge on any atom is -0.487 e. The Balaban J connectivity index is 2.07. The summed E-state index contributed by atoms with van der Waals surface area (Å²) in [5, 5.41) is 0. The molecule has 3 nitrogen and oxygen atoms in total. The zero-order valence-electron chi connectivity index (χ0n) is 9.98. The fourth-order valence-electron chi connectivity index (χ4n) is 1.70. The average Bonchev–Trinajstić information content (AvgIpc) is 2.67. The quantitative estimate of drug-likeness (QED) is 0.862. The van der Waals surface area contributed by atoms with Gasteiger partial charge in [0.15, 0.2) is 4.73 Å². The van der Waals surface area contributed by atoms with Crippen LogP contribution in [-0.4, -0.2) is 9.55 Å². The van der Waals surface area contributed by atoms with Crippen LogP contribution in [0.25, 0.3) is 0 Å². The van der Waals surface area contributed by atoms with Crippen molar-refractivity contribution in [2.24, 2.45) is 0 Å². The van der Waals surface area contributed by atoms with Crippen LogP contribution in [0.5, 0.6) is 5.75 Å². The highest BCUT2D eigenvalue weighted by atomic mass is 79.9. The van der Waals surface area contributed by atoms with E-state index in [9.17, 15) is 0 Å². The molecular weight excluding hydrogens is 280 g/mol. The first-order valence-corrected chi connectivity index (χ1v) is 6.39. The van der Waals surface area contributed by atoms with Crippen molar-refractivity contribution in [1.29, 1.82) is 0 Å². The molecule has 0 N–H and O–H groups in total. The predicted molar refractivity (Wildman–Crippen MR) is 71.1 cm³/mol. The average molecular weight is 295 g/mol. The zero-order chi connectivity index (χ0) is 12.3. The number of imidazole rings is 1. The molecule has 0 amide bonds.